The third kappa shape index (κ3) is 3.33. The number of rotatable bonds is 7. The van der Waals surface area contributed by atoms with Crippen molar-refractivity contribution in [2.45, 2.75) is 31.0 Å². The monoisotopic (exact) mass is 354 g/mol. The Morgan fingerprint density at radius 2 is 2.17 bits per heavy atom. The second-order valence-corrected chi connectivity index (χ2v) is 6.67. The van der Waals surface area contributed by atoms with Gasteiger partial charge in [-0.05, 0) is 25.0 Å². The van der Waals surface area contributed by atoms with Crippen molar-refractivity contribution in [3.63, 3.8) is 0 Å². The van der Waals surface area contributed by atoms with E-state index in [1.807, 2.05) is 0 Å². The summed E-state index contributed by atoms with van der Waals surface area (Å²) in [6.07, 6.45) is 2.60. The molecule has 9 nitrogen and oxygen atoms in total. The van der Waals surface area contributed by atoms with Gasteiger partial charge in [0, 0.05) is 6.54 Å². The van der Waals surface area contributed by atoms with Gasteiger partial charge in [-0.15, -0.1) is 0 Å². The summed E-state index contributed by atoms with van der Waals surface area (Å²) in [7, 11) is 0. The SMILES string of the molecule is CSCCCNC[C@H]1O[C@@H](n2cnc3c(N)ncnc32)[C@H](O)[C@@H]1O. The summed E-state index contributed by atoms with van der Waals surface area (Å²) in [5.74, 6) is 1.34. The maximum Gasteiger partial charge on any atom is 0.167 e. The molecule has 4 atom stereocenters. The fourth-order valence-corrected chi connectivity index (χ4v) is 3.20. The van der Waals surface area contributed by atoms with Crippen LogP contribution in [0.5, 0.6) is 0 Å². The van der Waals surface area contributed by atoms with Crippen LogP contribution in [0.15, 0.2) is 12.7 Å². The minimum absolute atomic E-state index is 0.263. The summed E-state index contributed by atoms with van der Waals surface area (Å²) in [5.41, 5.74) is 6.68. The Morgan fingerprint density at radius 1 is 1.33 bits per heavy atom. The van der Waals surface area contributed by atoms with Crippen molar-refractivity contribution in [3.8, 4) is 0 Å². The highest BCUT2D eigenvalue weighted by atomic mass is 32.2. The second-order valence-electron chi connectivity index (χ2n) is 5.68. The summed E-state index contributed by atoms with van der Waals surface area (Å²) in [5, 5.41) is 23.8. The summed E-state index contributed by atoms with van der Waals surface area (Å²) < 4.78 is 7.42. The highest BCUT2D eigenvalue weighted by Gasteiger charge is 2.44. The van der Waals surface area contributed by atoms with Gasteiger partial charge in [-0.2, -0.15) is 11.8 Å². The molecule has 0 bridgehead atoms. The van der Waals surface area contributed by atoms with E-state index < -0.39 is 24.5 Å². The zero-order valence-electron chi connectivity index (χ0n) is 13.4. The van der Waals surface area contributed by atoms with Crippen LogP contribution >= 0.6 is 11.8 Å². The Morgan fingerprint density at radius 3 is 2.96 bits per heavy atom. The van der Waals surface area contributed by atoms with Gasteiger partial charge in [0.15, 0.2) is 17.7 Å². The van der Waals surface area contributed by atoms with Crippen molar-refractivity contribution in [2.75, 3.05) is 30.8 Å². The third-order valence-electron chi connectivity index (χ3n) is 4.05. The van der Waals surface area contributed by atoms with Crippen LogP contribution in [0.1, 0.15) is 12.6 Å². The molecule has 0 spiro atoms. The molecule has 10 heteroatoms. The molecule has 0 unspecified atom stereocenters. The molecular formula is C14H22N6O3S. The number of nitrogens with one attached hydrogen (secondary N) is 1. The van der Waals surface area contributed by atoms with Crippen molar-refractivity contribution in [1.29, 1.82) is 0 Å². The van der Waals surface area contributed by atoms with Gasteiger partial charge in [-0.25, -0.2) is 15.0 Å². The molecule has 0 radical (unpaired) electrons. The number of nitrogens with zero attached hydrogens (tertiary/aromatic N) is 4. The van der Waals surface area contributed by atoms with Crippen LogP contribution in [0.25, 0.3) is 11.2 Å². The number of aromatic nitrogens is 4. The molecule has 24 heavy (non-hydrogen) atoms. The number of fused-ring (bicyclic) bond motifs is 1. The van der Waals surface area contributed by atoms with Gasteiger partial charge in [-0.1, -0.05) is 0 Å². The molecule has 1 saturated heterocycles. The smallest absolute Gasteiger partial charge is 0.167 e. The molecule has 3 heterocycles. The highest BCUT2D eigenvalue weighted by molar-refractivity contribution is 7.98. The number of nitrogens with two attached hydrogens (primary N) is 1. The summed E-state index contributed by atoms with van der Waals surface area (Å²) in [6.45, 7) is 1.30. The lowest BCUT2D eigenvalue weighted by Gasteiger charge is -2.16. The van der Waals surface area contributed by atoms with Crippen molar-refractivity contribution in [2.24, 2.45) is 0 Å². The third-order valence-corrected chi connectivity index (χ3v) is 4.74. The number of imidazole rings is 1. The van der Waals surface area contributed by atoms with Crippen LogP contribution in [0.3, 0.4) is 0 Å². The maximum atomic E-state index is 10.3. The van der Waals surface area contributed by atoms with E-state index in [9.17, 15) is 10.2 Å². The van der Waals surface area contributed by atoms with E-state index in [1.54, 1.807) is 16.3 Å². The molecule has 3 rings (SSSR count). The van der Waals surface area contributed by atoms with Crippen LogP contribution in [0, 0.1) is 0 Å². The Labute approximate surface area is 143 Å². The number of aliphatic hydroxyl groups is 2. The first kappa shape index (κ1) is 17.4. The predicted octanol–water partition coefficient (Wildman–Crippen LogP) is -0.630. The van der Waals surface area contributed by atoms with Gasteiger partial charge in [0.25, 0.3) is 0 Å². The number of anilines is 1. The van der Waals surface area contributed by atoms with Crippen LogP contribution < -0.4 is 11.1 Å². The van der Waals surface area contributed by atoms with Crippen molar-refractivity contribution in [3.05, 3.63) is 12.7 Å². The van der Waals surface area contributed by atoms with E-state index in [-0.39, 0.29) is 5.82 Å². The number of hydrogen-bond donors (Lipinski definition) is 4. The van der Waals surface area contributed by atoms with E-state index in [4.69, 9.17) is 10.5 Å². The van der Waals surface area contributed by atoms with E-state index >= 15 is 0 Å². The normalized spacial score (nSPS) is 27.1. The van der Waals surface area contributed by atoms with Gasteiger partial charge < -0.3 is 26.0 Å². The van der Waals surface area contributed by atoms with E-state index in [1.165, 1.54) is 12.7 Å². The lowest BCUT2D eigenvalue weighted by Crippen LogP contribution is -2.38. The van der Waals surface area contributed by atoms with E-state index in [2.05, 4.69) is 26.5 Å². The first-order valence-corrected chi connectivity index (χ1v) is 9.17. The zero-order valence-corrected chi connectivity index (χ0v) is 14.2. The minimum Gasteiger partial charge on any atom is -0.387 e. The van der Waals surface area contributed by atoms with Gasteiger partial charge >= 0.3 is 0 Å². The Bertz CT molecular complexity index is 684. The van der Waals surface area contributed by atoms with E-state index in [0.717, 1.165) is 18.7 Å². The van der Waals surface area contributed by atoms with Crippen molar-refractivity contribution >= 4 is 28.7 Å². The minimum atomic E-state index is -1.07. The van der Waals surface area contributed by atoms with Crippen molar-refractivity contribution < 1.29 is 14.9 Å². The Kier molecular flexibility index (Phi) is 5.51. The molecule has 0 aliphatic carbocycles. The zero-order chi connectivity index (χ0) is 17.1. The van der Waals surface area contributed by atoms with Crippen LogP contribution in [-0.4, -0.2) is 73.1 Å². The molecule has 1 aliphatic heterocycles. The molecular weight excluding hydrogens is 332 g/mol. The Hall–Kier alpha value is -1.46. The lowest BCUT2D eigenvalue weighted by atomic mass is 10.1. The largest absolute Gasteiger partial charge is 0.387 e. The van der Waals surface area contributed by atoms with E-state index in [0.29, 0.717) is 17.7 Å². The average Bonchev–Trinajstić information content (AvgIpc) is 3.12. The van der Waals surface area contributed by atoms with Gasteiger partial charge in [0.05, 0.1) is 6.33 Å². The molecule has 132 valence electrons. The highest BCUT2D eigenvalue weighted by Crippen LogP contribution is 2.31. The maximum absolute atomic E-state index is 10.3. The second kappa shape index (κ2) is 7.62. The standard InChI is InChI=1S/C14H22N6O3S/c1-24-4-2-3-16-5-8-10(21)11(22)14(23-8)20-7-19-9-12(15)17-6-18-13(9)20/h6-8,10-11,14,16,21-22H,2-5H2,1H3,(H2,15,17,18)/t8-,10-,11-,14-/m1/s1. The molecule has 1 fully saturated rings. The number of aliphatic hydroxyl groups excluding tert-OH is 2. The topological polar surface area (TPSA) is 131 Å². The van der Waals surface area contributed by atoms with Crippen LogP contribution in [-0.2, 0) is 4.74 Å². The van der Waals surface area contributed by atoms with Crippen LogP contribution in [0.2, 0.25) is 0 Å². The molecule has 0 amide bonds. The van der Waals surface area contributed by atoms with Crippen LogP contribution in [0.4, 0.5) is 5.82 Å². The first-order chi connectivity index (χ1) is 11.6. The molecule has 2 aromatic heterocycles. The molecule has 5 N–H and O–H groups in total. The molecule has 2 aromatic rings. The predicted molar refractivity (Wildman–Crippen MR) is 91.5 cm³/mol. The summed E-state index contributed by atoms with van der Waals surface area (Å²) in [6, 6.07) is 0. The Balaban J connectivity index is 1.69. The quantitative estimate of drug-likeness (QED) is 0.480. The number of ether oxygens (including phenoxy) is 1. The number of hydrogen-bond acceptors (Lipinski definition) is 9. The first-order valence-electron chi connectivity index (χ1n) is 7.77. The van der Waals surface area contributed by atoms with Gasteiger partial charge in [0.2, 0.25) is 0 Å². The number of nitrogen functional groups attached to an aromatic ring is 1. The lowest BCUT2D eigenvalue weighted by molar-refractivity contribution is -0.0341. The molecule has 0 saturated carbocycles. The van der Waals surface area contributed by atoms with Gasteiger partial charge in [-0.3, -0.25) is 4.57 Å². The van der Waals surface area contributed by atoms with Crippen molar-refractivity contribution in [1.82, 2.24) is 24.8 Å². The fourth-order valence-electron chi connectivity index (χ4n) is 2.77. The molecule has 1 aliphatic rings. The number of thioether (sulfide) groups is 1. The van der Waals surface area contributed by atoms with Gasteiger partial charge in [0.1, 0.15) is 30.2 Å². The molecule has 0 aromatic carbocycles. The summed E-state index contributed by atoms with van der Waals surface area (Å²) in [4.78, 5) is 12.2. The summed E-state index contributed by atoms with van der Waals surface area (Å²) >= 11 is 1.79. The average molecular weight is 354 g/mol. The fraction of sp³-hybridized carbons (Fsp3) is 0.643.